The summed E-state index contributed by atoms with van der Waals surface area (Å²) in [6, 6.07) is 4.45. The Hall–Kier alpha value is -6.56. The van der Waals surface area contributed by atoms with Crippen LogP contribution in [0, 0.1) is 0 Å². The molecule has 4 aromatic rings. The SMILES string of the molecule is CCN1C=CN(CC)C1=C1C2=NC(=C(c3n(CC)cc[n+]3CC)C3=NC(=C(c4n(CC)cc[n+]4CC)C4=NC(=C(c5n(CC)cc[n+]5CC)c5ccc1[nH]5)C=C4)C=C3)C=C2. The molecule has 9 heterocycles. The molecule has 0 amide bonds. The lowest BCUT2D eigenvalue weighted by atomic mass is 10.1. The molecule has 0 aromatic carbocycles. The molecule has 0 radical (unpaired) electrons. The van der Waals surface area contributed by atoms with Gasteiger partial charge in [0, 0.05) is 25.5 Å². The van der Waals surface area contributed by atoms with E-state index >= 15 is 0 Å². The molecule has 12 heteroatoms. The predicted molar refractivity (Wildman–Crippen MR) is 239 cm³/mol. The van der Waals surface area contributed by atoms with Crippen LogP contribution < -0.4 is 13.7 Å². The summed E-state index contributed by atoms with van der Waals surface area (Å²) in [6.45, 7) is 24.1. The molecule has 9 rings (SSSR count). The van der Waals surface area contributed by atoms with Gasteiger partial charge in [-0.3, -0.25) is 0 Å². The molecule has 0 saturated carbocycles. The minimum Gasteiger partial charge on any atom is -0.354 e. The summed E-state index contributed by atoms with van der Waals surface area (Å²) in [7, 11) is 0. The third kappa shape index (κ3) is 6.19. The van der Waals surface area contributed by atoms with E-state index in [2.05, 4.69) is 196 Å². The first-order chi connectivity index (χ1) is 29.4. The van der Waals surface area contributed by atoms with Gasteiger partial charge in [0.2, 0.25) is 0 Å². The van der Waals surface area contributed by atoms with Gasteiger partial charge < -0.3 is 14.8 Å². The zero-order valence-corrected chi connectivity index (χ0v) is 36.3. The molecular weight excluding hydrogens is 745 g/mol. The minimum atomic E-state index is 0.812. The van der Waals surface area contributed by atoms with Gasteiger partial charge in [-0.1, -0.05) is 0 Å². The molecule has 12 nitrogen and oxygen atoms in total. The number of nitrogens with zero attached hydrogens (tertiary/aromatic N) is 11. The van der Waals surface area contributed by atoms with Gasteiger partial charge in [0.1, 0.15) is 59.7 Å². The number of aromatic amines is 1. The summed E-state index contributed by atoms with van der Waals surface area (Å²) in [4.78, 5) is 25.4. The van der Waals surface area contributed by atoms with Gasteiger partial charge in [0.05, 0.1) is 90.5 Å². The van der Waals surface area contributed by atoms with Gasteiger partial charge in [0.15, 0.2) is 0 Å². The third-order valence-electron chi connectivity index (χ3n) is 12.2. The van der Waals surface area contributed by atoms with E-state index in [1.54, 1.807) is 0 Å². The quantitative estimate of drug-likeness (QED) is 0.169. The molecule has 4 aromatic heterocycles. The number of aryl methyl sites for hydroxylation is 6. The van der Waals surface area contributed by atoms with Crippen LogP contribution in [0.1, 0.15) is 84.3 Å². The van der Waals surface area contributed by atoms with Crippen LogP contribution in [-0.2, 0) is 39.3 Å². The average molecular weight is 802 g/mol. The van der Waals surface area contributed by atoms with E-state index in [9.17, 15) is 0 Å². The number of H-pyrrole nitrogens is 1. The Morgan fingerprint density at radius 2 is 0.817 bits per heavy atom. The van der Waals surface area contributed by atoms with Crippen molar-refractivity contribution in [2.75, 3.05) is 13.1 Å². The van der Waals surface area contributed by atoms with Gasteiger partial charge >= 0.3 is 0 Å². The van der Waals surface area contributed by atoms with Crippen molar-refractivity contribution in [2.45, 2.75) is 94.7 Å². The lowest BCUT2D eigenvalue weighted by Crippen LogP contribution is -2.37. The summed E-state index contributed by atoms with van der Waals surface area (Å²) in [6.07, 6.45) is 30.5. The maximum Gasteiger partial charge on any atom is 0.293 e. The highest BCUT2D eigenvalue weighted by atomic mass is 15.4. The number of nitrogens with one attached hydrogen (secondary N) is 1. The van der Waals surface area contributed by atoms with Crippen molar-refractivity contribution in [2.24, 2.45) is 15.0 Å². The topological polar surface area (TPSA) is 85.8 Å². The molecule has 8 bridgehead atoms. The Bertz CT molecular complexity index is 2670. The second-order valence-electron chi connectivity index (χ2n) is 15.2. The first kappa shape index (κ1) is 38.9. The van der Waals surface area contributed by atoms with Gasteiger partial charge in [-0.15, -0.1) is 0 Å². The normalized spacial score (nSPS) is 17.2. The molecule has 0 spiro atoms. The predicted octanol–water partition coefficient (Wildman–Crippen LogP) is 6.83. The van der Waals surface area contributed by atoms with E-state index in [1.165, 1.54) is 0 Å². The molecule has 0 fully saturated rings. The van der Waals surface area contributed by atoms with E-state index in [0.29, 0.717) is 0 Å². The monoisotopic (exact) mass is 801 g/mol. The Morgan fingerprint density at radius 3 is 1.20 bits per heavy atom. The molecule has 0 atom stereocenters. The Kier molecular flexibility index (Phi) is 10.3. The highest BCUT2D eigenvalue weighted by Gasteiger charge is 2.36. The van der Waals surface area contributed by atoms with Crippen molar-refractivity contribution in [3.63, 3.8) is 0 Å². The number of hydrogen-bond donors (Lipinski definition) is 1. The number of aromatic nitrogens is 7. The smallest absolute Gasteiger partial charge is 0.293 e. The van der Waals surface area contributed by atoms with Crippen LogP contribution in [0.4, 0.5) is 0 Å². The highest BCUT2D eigenvalue weighted by molar-refractivity contribution is 6.36. The van der Waals surface area contributed by atoms with E-state index in [1.807, 2.05) is 0 Å². The summed E-state index contributed by atoms with van der Waals surface area (Å²) < 4.78 is 13.9. The van der Waals surface area contributed by atoms with Crippen molar-refractivity contribution in [3.05, 3.63) is 150 Å². The van der Waals surface area contributed by atoms with Crippen LogP contribution in [0.15, 0.2) is 136 Å². The fourth-order valence-corrected chi connectivity index (χ4v) is 9.13. The van der Waals surface area contributed by atoms with Crippen molar-refractivity contribution in [1.29, 1.82) is 0 Å². The number of allylic oxidation sites excluding steroid dienone is 9. The van der Waals surface area contributed by atoms with Gasteiger partial charge in [0.25, 0.3) is 17.5 Å². The first-order valence-corrected chi connectivity index (χ1v) is 21.9. The van der Waals surface area contributed by atoms with E-state index in [-0.39, 0.29) is 0 Å². The molecule has 0 aliphatic carbocycles. The zero-order valence-electron chi connectivity index (χ0n) is 36.3. The van der Waals surface area contributed by atoms with Crippen LogP contribution in [0.5, 0.6) is 0 Å². The van der Waals surface area contributed by atoms with Gasteiger partial charge in [-0.25, -0.2) is 42.4 Å². The lowest BCUT2D eigenvalue weighted by Gasteiger charge is -2.26. The first-order valence-electron chi connectivity index (χ1n) is 21.9. The van der Waals surface area contributed by atoms with Crippen LogP contribution in [0.3, 0.4) is 0 Å². The maximum absolute atomic E-state index is 5.61. The zero-order chi connectivity index (χ0) is 41.7. The van der Waals surface area contributed by atoms with Gasteiger partial charge in [-0.05, 0) is 104 Å². The van der Waals surface area contributed by atoms with Crippen molar-refractivity contribution in [3.8, 4) is 0 Å². The molecular formula is C48H57N12+3. The standard InChI is InChI=1S/C48H57N12/c1-9-53-25-26-54(10-2)45(53)41-33-17-19-35(49-33)42(46-55(11-3)27-28-56(46)12-4)37-21-23-39(51-37)44(48-59(15-7)31-32-60(48)16-8)40-24-22-38(52-40)43(36-20-18-34(41)50-36)47-57(13-5)29-30-58(47)14-6/h17-32,49H,9-16H2,1-8H3/q+3. The minimum absolute atomic E-state index is 0.812. The molecule has 1 N–H and O–H groups in total. The van der Waals surface area contributed by atoms with Crippen LogP contribution in [0.2, 0.25) is 0 Å². The Morgan fingerprint density at radius 1 is 0.450 bits per heavy atom. The average Bonchev–Trinajstić information content (AvgIpc) is 4.13. The van der Waals surface area contributed by atoms with Crippen LogP contribution >= 0.6 is 0 Å². The summed E-state index contributed by atoms with van der Waals surface area (Å²) in [5.74, 6) is 4.37. The van der Waals surface area contributed by atoms with Crippen molar-refractivity contribution in [1.82, 2.24) is 28.5 Å². The second-order valence-corrected chi connectivity index (χ2v) is 15.2. The number of fused-ring (bicyclic) bond motifs is 5. The number of imidazole rings is 3. The van der Waals surface area contributed by atoms with E-state index < -0.39 is 0 Å². The molecule has 306 valence electrons. The van der Waals surface area contributed by atoms with Crippen molar-refractivity contribution < 1.29 is 13.7 Å². The Labute approximate surface area is 353 Å². The van der Waals surface area contributed by atoms with Crippen LogP contribution in [0.25, 0.3) is 22.3 Å². The molecule has 5 aliphatic heterocycles. The molecule has 0 unspecified atom stereocenters. The second kappa shape index (κ2) is 15.9. The van der Waals surface area contributed by atoms with E-state index in [4.69, 9.17) is 15.0 Å². The van der Waals surface area contributed by atoms with Gasteiger partial charge in [-0.2, -0.15) is 0 Å². The van der Waals surface area contributed by atoms with Crippen LogP contribution in [-0.4, -0.2) is 58.7 Å². The maximum atomic E-state index is 5.61. The Balaban J connectivity index is 1.43. The third-order valence-corrected chi connectivity index (χ3v) is 12.2. The fourth-order valence-electron chi connectivity index (χ4n) is 9.13. The van der Waals surface area contributed by atoms with Crippen molar-refractivity contribution >= 4 is 39.4 Å². The summed E-state index contributed by atoms with van der Waals surface area (Å²) in [5, 5.41) is 0. The molecule has 5 aliphatic rings. The number of aliphatic imine (C=N–C) groups is 3. The highest BCUT2D eigenvalue weighted by Crippen LogP contribution is 2.39. The largest absolute Gasteiger partial charge is 0.354 e. The lowest BCUT2D eigenvalue weighted by molar-refractivity contribution is -0.695. The molecule has 0 saturated heterocycles. The molecule has 60 heavy (non-hydrogen) atoms. The number of rotatable bonds is 11. The summed E-state index contributed by atoms with van der Waals surface area (Å²) >= 11 is 0. The summed E-state index contributed by atoms with van der Waals surface area (Å²) in [5.41, 5.74) is 11.4. The number of hydrogen-bond acceptors (Lipinski definition) is 5. The fraction of sp³-hybridized carbons (Fsp3) is 0.333. The van der Waals surface area contributed by atoms with E-state index in [0.717, 1.165) is 144 Å².